The van der Waals surface area contributed by atoms with Crippen molar-refractivity contribution in [2.45, 2.75) is 6.42 Å². The highest BCUT2D eigenvalue weighted by atomic mass is 19.1. The van der Waals surface area contributed by atoms with Crippen LogP contribution in [0.15, 0.2) is 49.0 Å². The number of aliphatic hydroxyl groups is 1. The topological polar surface area (TPSA) is 38.0 Å². The van der Waals surface area contributed by atoms with Gasteiger partial charge in [0.2, 0.25) is 0 Å². The first kappa shape index (κ1) is 10.4. The first-order valence-corrected chi connectivity index (χ1v) is 4.89. The van der Waals surface area contributed by atoms with Crippen LogP contribution >= 0.6 is 0 Å². The second-order valence-electron chi connectivity index (χ2n) is 3.32. The van der Waals surface area contributed by atoms with Crippen LogP contribution in [0.5, 0.6) is 0 Å². The molecular weight excluding hydrogens is 207 g/mol. The zero-order valence-corrected chi connectivity index (χ0v) is 8.55. The van der Waals surface area contributed by atoms with Crippen LogP contribution in [0.2, 0.25) is 0 Å². The van der Waals surface area contributed by atoms with Gasteiger partial charge in [-0.15, -0.1) is 0 Å². The summed E-state index contributed by atoms with van der Waals surface area (Å²) in [7, 11) is 0. The summed E-state index contributed by atoms with van der Waals surface area (Å²) >= 11 is 0. The molecule has 0 spiro atoms. The molecule has 3 nitrogen and oxygen atoms in total. The summed E-state index contributed by atoms with van der Waals surface area (Å²) < 4.78 is 15.2. The molecule has 0 atom stereocenters. The Morgan fingerprint density at radius 3 is 2.94 bits per heavy atom. The van der Waals surface area contributed by atoms with Crippen LogP contribution in [0, 0.1) is 5.82 Å². The molecule has 0 bridgehead atoms. The summed E-state index contributed by atoms with van der Waals surface area (Å²) in [5, 5.41) is 12.5. The minimum atomic E-state index is -0.300. The summed E-state index contributed by atoms with van der Waals surface area (Å²) in [4.78, 5) is 0. The van der Waals surface area contributed by atoms with Crippen LogP contribution < -0.4 is 0 Å². The molecule has 1 aromatic carbocycles. The van der Waals surface area contributed by atoms with Gasteiger partial charge in [-0.05, 0) is 36.3 Å². The second kappa shape index (κ2) is 4.61. The molecule has 0 fully saturated rings. The van der Waals surface area contributed by atoms with E-state index in [2.05, 4.69) is 5.10 Å². The van der Waals surface area contributed by atoms with Gasteiger partial charge < -0.3 is 5.11 Å². The smallest absolute Gasteiger partial charge is 0.128 e. The van der Waals surface area contributed by atoms with Gasteiger partial charge in [-0.1, -0.05) is 6.07 Å². The Kier molecular flexibility index (Phi) is 3.00. The van der Waals surface area contributed by atoms with Gasteiger partial charge in [-0.3, -0.25) is 0 Å². The SMILES string of the molecule is O/C=C/Cc1ccc(-n2cccn2)cc1F. The average Bonchev–Trinajstić information content (AvgIpc) is 2.81. The van der Waals surface area contributed by atoms with E-state index < -0.39 is 0 Å². The van der Waals surface area contributed by atoms with Gasteiger partial charge in [0.1, 0.15) is 5.82 Å². The predicted octanol–water partition coefficient (Wildman–Crippen LogP) is 2.63. The monoisotopic (exact) mass is 218 g/mol. The number of hydrogen-bond acceptors (Lipinski definition) is 2. The van der Waals surface area contributed by atoms with Gasteiger partial charge in [0.25, 0.3) is 0 Å². The average molecular weight is 218 g/mol. The Bertz CT molecular complexity index is 492. The molecule has 2 rings (SSSR count). The van der Waals surface area contributed by atoms with Crippen LogP contribution in [-0.2, 0) is 6.42 Å². The summed E-state index contributed by atoms with van der Waals surface area (Å²) in [6, 6.07) is 6.68. The molecule has 0 saturated heterocycles. The Balaban J connectivity index is 2.29. The standard InChI is InChI=1S/C12H11FN2O/c13-12-9-11(15-7-2-6-14-15)5-4-10(12)3-1-8-16/h1-2,4-9,16H,3H2/b8-1+. The molecule has 1 aromatic heterocycles. The first-order chi connectivity index (χ1) is 7.81. The fraction of sp³-hybridized carbons (Fsp3) is 0.0833. The van der Waals surface area contributed by atoms with Crippen molar-refractivity contribution >= 4 is 0 Å². The van der Waals surface area contributed by atoms with Crippen LogP contribution in [0.4, 0.5) is 4.39 Å². The van der Waals surface area contributed by atoms with Crippen molar-refractivity contribution < 1.29 is 9.50 Å². The van der Waals surface area contributed by atoms with Crippen molar-refractivity contribution in [2.75, 3.05) is 0 Å². The quantitative estimate of drug-likeness (QED) is 0.804. The third kappa shape index (κ3) is 2.11. The fourth-order valence-corrected chi connectivity index (χ4v) is 1.45. The number of aliphatic hydroxyl groups excluding tert-OH is 1. The lowest BCUT2D eigenvalue weighted by molar-refractivity contribution is 0.471. The third-order valence-corrected chi connectivity index (χ3v) is 2.25. The number of nitrogens with zero attached hydrogens (tertiary/aromatic N) is 2. The predicted molar refractivity (Wildman–Crippen MR) is 59.0 cm³/mol. The van der Waals surface area contributed by atoms with E-state index in [0.29, 0.717) is 17.7 Å². The first-order valence-electron chi connectivity index (χ1n) is 4.89. The van der Waals surface area contributed by atoms with E-state index in [1.807, 2.05) is 0 Å². The Hall–Kier alpha value is -2.10. The molecule has 4 heteroatoms. The van der Waals surface area contributed by atoms with Crippen LogP contribution in [0.1, 0.15) is 5.56 Å². The van der Waals surface area contributed by atoms with Gasteiger partial charge in [-0.25, -0.2) is 9.07 Å². The third-order valence-electron chi connectivity index (χ3n) is 2.25. The number of aromatic nitrogens is 2. The van der Waals surface area contributed by atoms with E-state index in [-0.39, 0.29) is 5.82 Å². The molecule has 2 aromatic rings. The zero-order valence-electron chi connectivity index (χ0n) is 8.55. The summed E-state index contributed by atoms with van der Waals surface area (Å²) in [6.07, 6.45) is 6.18. The maximum absolute atomic E-state index is 13.6. The minimum Gasteiger partial charge on any atom is -0.516 e. The lowest BCUT2D eigenvalue weighted by Crippen LogP contribution is -1.97. The fourth-order valence-electron chi connectivity index (χ4n) is 1.45. The number of hydrogen-bond donors (Lipinski definition) is 1. The van der Waals surface area contributed by atoms with Crippen molar-refractivity contribution in [3.8, 4) is 5.69 Å². The van der Waals surface area contributed by atoms with Gasteiger partial charge >= 0.3 is 0 Å². The normalized spacial score (nSPS) is 11.1. The van der Waals surface area contributed by atoms with E-state index in [1.54, 1.807) is 35.3 Å². The highest BCUT2D eigenvalue weighted by molar-refractivity contribution is 5.35. The lowest BCUT2D eigenvalue weighted by atomic mass is 10.1. The molecule has 0 aliphatic carbocycles. The molecule has 82 valence electrons. The Morgan fingerprint density at radius 1 is 1.44 bits per heavy atom. The minimum absolute atomic E-state index is 0.300. The van der Waals surface area contributed by atoms with Gasteiger partial charge in [0.15, 0.2) is 0 Å². The molecule has 1 N–H and O–H groups in total. The van der Waals surface area contributed by atoms with E-state index in [4.69, 9.17) is 5.11 Å². The van der Waals surface area contributed by atoms with Crippen molar-refractivity contribution in [1.29, 1.82) is 0 Å². The van der Waals surface area contributed by atoms with Crippen molar-refractivity contribution in [3.63, 3.8) is 0 Å². The highest BCUT2D eigenvalue weighted by Gasteiger charge is 2.03. The largest absolute Gasteiger partial charge is 0.516 e. The maximum Gasteiger partial charge on any atom is 0.128 e. The molecule has 0 amide bonds. The summed E-state index contributed by atoms with van der Waals surface area (Å²) in [6.45, 7) is 0. The molecule has 0 unspecified atom stereocenters. The second-order valence-corrected chi connectivity index (χ2v) is 3.32. The molecule has 16 heavy (non-hydrogen) atoms. The van der Waals surface area contributed by atoms with Crippen molar-refractivity contribution in [1.82, 2.24) is 9.78 Å². The number of allylic oxidation sites excluding steroid dienone is 1. The maximum atomic E-state index is 13.6. The summed E-state index contributed by atoms with van der Waals surface area (Å²) in [5.41, 5.74) is 1.22. The molecule has 0 aliphatic rings. The number of rotatable bonds is 3. The van der Waals surface area contributed by atoms with Gasteiger partial charge in [0.05, 0.1) is 11.9 Å². The number of benzene rings is 1. The van der Waals surface area contributed by atoms with Crippen LogP contribution in [-0.4, -0.2) is 14.9 Å². The van der Waals surface area contributed by atoms with Crippen molar-refractivity contribution in [2.24, 2.45) is 0 Å². The molecular formula is C12H11FN2O. The molecule has 1 heterocycles. The zero-order chi connectivity index (χ0) is 11.4. The Labute approximate surface area is 92.5 Å². The van der Waals surface area contributed by atoms with Crippen LogP contribution in [0.25, 0.3) is 5.69 Å². The molecule has 0 aliphatic heterocycles. The molecule has 0 saturated carbocycles. The van der Waals surface area contributed by atoms with Gasteiger partial charge in [-0.2, -0.15) is 5.10 Å². The van der Waals surface area contributed by atoms with E-state index in [1.165, 1.54) is 12.1 Å². The lowest BCUT2D eigenvalue weighted by Gasteiger charge is -2.04. The van der Waals surface area contributed by atoms with E-state index in [9.17, 15) is 4.39 Å². The van der Waals surface area contributed by atoms with Gasteiger partial charge in [0, 0.05) is 12.4 Å². The Morgan fingerprint density at radius 2 is 2.31 bits per heavy atom. The van der Waals surface area contributed by atoms with Crippen molar-refractivity contribution in [3.05, 3.63) is 60.4 Å². The van der Waals surface area contributed by atoms with Crippen LogP contribution in [0.3, 0.4) is 0 Å². The van der Waals surface area contributed by atoms with E-state index >= 15 is 0 Å². The summed E-state index contributed by atoms with van der Waals surface area (Å²) in [5.74, 6) is -0.300. The molecule has 0 radical (unpaired) electrons. The van der Waals surface area contributed by atoms with E-state index in [0.717, 1.165) is 6.26 Å². The number of halogens is 1. The highest BCUT2D eigenvalue weighted by Crippen LogP contribution is 2.14.